The van der Waals surface area contributed by atoms with Crippen molar-refractivity contribution in [2.45, 2.75) is 205 Å². The number of allylic oxidation sites excluding steroid dienone is 12. The van der Waals surface area contributed by atoms with Crippen molar-refractivity contribution in [2.75, 3.05) is 19.8 Å². The molecule has 1 fully saturated rings. The highest BCUT2D eigenvalue weighted by Crippen LogP contribution is 2.22. The number of ether oxygens (including phenoxy) is 4. The van der Waals surface area contributed by atoms with Crippen LogP contribution in [0.25, 0.3) is 0 Å². The zero-order valence-electron chi connectivity index (χ0n) is 36.7. The van der Waals surface area contributed by atoms with E-state index in [-0.39, 0.29) is 26.1 Å². The molecule has 338 valence electrons. The summed E-state index contributed by atoms with van der Waals surface area (Å²) in [6, 6.07) is 0. The maximum Gasteiger partial charge on any atom is 0.306 e. The first-order chi connectivity index (χ1) is 28.8. The van der Waals surface area contributed by atoms with Crippen molar-refractivity contribution >= 4 is 11.9 Å². The standard InChI is InChI=1S/C49H82O10/c1-3-5-7-9-11-13-15-17-19-20-21-22-24-26-28-30-32-34-36-38-45(52)58-42(41-57-49-48(55)47(54)46(53)43(39-50)59-49)40-56-44(51)37-35-33-31-29-27-25-23-18-16-14-12-10-8-6-4-2/h6,8,11-14,17-19,23,27,29,42-43,46-50,53-55H,3-5,7,9-10,15-16,20-22,24-26,28,30-41H2,1-2H3/b8-6+,13-11+,14-12+,19-17+,23-18+,29-27+/t42-,43-,46+,47?,48?,49-/m1/s1. The Morgan fingerprint density at radius 2 is 1.00 bits per heavy atom. The van der Waals surface area contributed by atoms with Crippen molar-refractivity contribution in [1.29, 1.82) is 0 Å². The second kappa shape index (κ2) is 39.3. The molecule has 0 amide bonds. The van der Waals surface area contributed by atoms with Gasteiger partial charge in [0.15, 0.2) is 12.4 Å². The monoisotopic (exact) mass is 831 g/mol. The van der Waals surface area contributed by atoms with Crippen LogP contribution < -0.4 is 0 Å². The van der Waals surface area contributed by atoms with E-state index < -0.39 is 55.4 Å². The second-order valence-corrected chi connectivity index (χ2v) is 15.5. The van der Waals surface area contributed by atoms with Gasteiger partial charge in [0.2, 0.25) is 0 Å². The van der Waals surface area contributed by atoms with Crippen LogP contribution in [-0.2, 0) is 28.5 Å². The normalized spacial score (nSPS) is 20.7. The van der Waals surface area contributed by atoms with Gasteiger partial charge in [-0.15, -0.1) is 0 Å². The van der Waals surface area contributed by atoms with Gasteiger partial charge in [-0.1, -0.05) is 145 Å². The van der Waals surface area contributed by atoms with E-state index in [1.54, 1.807) is 0 Å². The van der Waals surface area contributed by atoms with E-state index in [1.165, 1.54) is 57.8 Å². The number of rotatable bonds is 37. The summed E-state index contributed by atoms with van der Waals surface area (Å²) in [5, 5.41) is 40.1. The molecule has 0 radical (unpaired) electrons. The summed E-state index contributed by atoms with van der Waals surface area (Å²) >= 11 is 0. The molecular weight excluding hydrogens is 749 g/mol. The number of hydrogen-bond donors (Lipinski definition) is 4. The molecule has 0 aliphatic carbocycles. The van der Waals surface area contributed by atoms with E-state index in [0.29, 0.717) is 12.8 Å². The molecule has 0 saturated carbocycles. The topological polar surface area (TPSA) is 152 Å². The third-order valence-corrected chi connectivity index (χ3v) is 10.1. The van der Waals surface area contributed by atoms with Crippen molar-refractivity contribution in [3.05, 3.63) is 72.9 Å². The predicted molar refractivity (Wildman–Crippen MR) is 238 cm³/mol. The first-order valence-corrected chi connectivity index (χ1v) is 23.0. The molecule has 1 rings (SSSR count). The molecule has 0 bridgehead atoms. The van der Waals surface area contributed by atoms with E-state index in [1.807, 2.05) is 0 Å². The molecule has 1 aliphatic heterocycles. The summed E-state index contributed by atoms with van der Waals surface area (Å²) in [5.74, 6) is -0.865. The number of hydrogen-bond acceptors (Lipinski definition) is 10. The number of unbranched alkanes of at least 4 members (excludes halogenated alkanes) is 14. The van der Waals surface area contributed by atoms with Crippen molar-refractivity contribution < 1.29 is 49.0 Å². The van der Waals surface area contributed by atoms with E-state index >= 15 is 0 Å². The zero-order valence-corrected chi connectivity index (χ0v) is 36.7. The minimum atomic E-state index is -1.61. The minimum Gasteiger partial charge on any atom is -0.462 e. The molecule has 4 N–H and O–H groups in total. The van der Waals surface area contributed by atoms with Crippen molar-refractivity contribution in [3.8, 4) is 0 Å². The summed E-state index contributed by atoms with van der Waals surface area (Å²) in [6.07, 6.45) is 41.9. The smallest absolute Gasteiger partial charge is 0.306 e. The quantitative estimate of drug-likeness (QED) is 0.0271. The lowest BCUT2D eigenvalue weighted by Crippen LogP contribution is -2.59. The summed E-state index contributed by atoms with van der Waals surface area (Å²) in [4.78, 5) is 25.3. The Morgan fingerprint density at radius 3 is 1.54 bits per heavy atom. The van der Waals surface area contributed by atoms with Gasteiger partial charge in [-0.25, -0.2) is 0 Å². The fourth-order valence-electron chi connectivity index (χ4n) is 6.44. The summed E-state index contributed by atoms with van der Waals surface area (Å²) < 4.78 is 22.1. The van der Waals surface area contributed by atoms with Crippen molar-refractivity contribution in [3.63, 3.8) is 0 Å². The van der Waals surface area contributed by atoms with Crippen LogP contribution in [0.2, 0.25) is 0 Å². The van der Waals surface area contributed by atoms with Gasteiger partial charge in [0.05, 0.1) is 13.2 Å². The van der Waals surface area contributed by atoms with Crippen molar-refractivity contribution in [2.24, 2.45) is 0 Å². The maximum absolute atomic E-state index is 12.8. The third-order valence-electron chi connectivity index (χ3n) is 10.1. The van der Waals surface area contributed by atoms with Gasteiger partial charge >= 0.3 is 11.9 Å². The Balaban J connectivity index is 2.35. The lowest BCUT2D eigenvalue weighted by atomic mass is 9.99. The predicted octanol–water partition coefficient (Wildman–Crippen LogP) is 10.00. The molecule has 59 heavy (non-hydrogen) atoms. The fraction of sp³-hybridized carbons (Fsp3) is 0.714. The first kappa shape index (κ1) is 54.2. The Labute approximate surface area is 357 Å². The van der Waals surface area contributed by atoms with Crippen LogP contribution >= 0.6 is 0 Å². The number of esters is 2. The zero-order chi connectivity index (χ0) is 43.0. The van der Waals surface area contributed by atoms with Gasteiger partial charge in [-0.3, -0.25) is 9.59 Å². The largest absolute Gasteiger partial charge is 0.462 e. The molecule has 1 heterocycles. The molecule has 0 aromatic rings. The van der Waals surface area contributed by atoms with Gasteiger partial charge < -0.3 is 39.4 Å². The SMILES string of the molecule is CC/C=C/C/C=C/C/C=C/C/C=C/CCCCC(=O)OC[C@H](CO[C@@H]1O[C@H](CO)[C@H](O)C(O)C1O)OC(=O)CCCCCCCCCCC/C=C/C/C=C/CCCCC. The maximum atomic E-state index is 12.8. The molecule has 10 heteroatoms. The van der Waals surface area contributed by atoms with E-state index in [2.05, 4.69) is 86.8 Å². The minimum absolute atomic E-state index is 0.212. The Hall–Kier alpha value is -2.86. The molecule has 1 saturated heterocycles. The van der Waals surface area contributed by atoms with Gasteiger partial charge in [0.25, 0.3) is 0 Å². The van der Waals surface area contributed by atoms with Crippen LogP contribution in [0.4, 0.5) is 0 Å². The highest BCUT2D eigenvalue weighted by molar-refractivity contribution is 5.70. The fourth-order valence-corrected chi connectivity index (χ4v) is 6.44. The number of carbonyl (C=O) groups excluding carboxylic acids is 2. The number of carbonyl (C=O) groups is 2. The van der Waals surface area contributed by atoms with Crippen LogP contribution in [-0.4, -0.2) is 89.0 Å². The average Bonchev–Trinajstić information content (AvgIpc) is 3.23. The van der Waals surface area contributed by atoms with E-state index in [9.17, 15) is 30.0 Å². The Morgan fingerprint density at radius 1 is 0.542 bits per heavy atom. The molecule has 0 aromatic carbocycles. The third kappa shape index (κ3) is 30.8. The van der Waals surface area contributed by atoms with Crippen LogP contribution in [0.3, 0.4) is 0 Å². The first-order valence-electron chi connectivity index (χ1n) is 23.0. The lowest BCUT2D eigenvalue weighted by molar-refractivity contribution is -0.305. The Bertz CT molecular complexity index is 1190. The molecule has 2 unspecified atom stereocenters. The van der Waals surface area contributed by atoms with Crippen LogP contribution in [0, 0.1) is 0 Å². The second-order valence-electron chi connectivity index (χ2n) is 15.5. The van der Waals surface area contributed by atoms with E-state index in [4.69, 9.17) is 18.9 Å². The highest BCUT2D eigenvalue weighted by Gasteiger charge is 2.44. The summed E-state index contributed by atoms with van der Waals surface area (Å²) in [5.41, 5.74) is 0. The summed E-state index contributed by atoms with van der Waals surface area (Å²) in [7, 11) is 0. The van der Waals surface area contributed by atoms with Gasteiger partial charge in [0, 0.05) is 12.8 Å². The lowest BCUT2D eigenvalue weighted by Gasteiger charge is -2.39. The van der Waals surface area contributed by atoms with Gasteiger partial charge in [-0.2, -0.15) is 0 Å². The molecule has 0 spiro atoms. The molecule has 10 nitrogen and oxygen atoms in total. The molecular formula is C49H82O10. The molecule has 0 aromatic heterocycles. The van der Waals surface area contributed by atoms with Crippen LogP contribution in [0.5, 0.6) is 0 Å². The van der Waals surface area contributed by atoms with Crippen molar-refractivity contribution in [1.82, 2.24) is 0 Å². The van der Waals surface area contributed by atoms with Crippen LogP contribution in [0.15, 0.2) is 72.9 Å². The summed E-state index contributed by atoms with van der Waals surface area (Å²) in [6.45, 7) is 3.23. The number of aliphatic hydroxyl groups is 4. The van der Waals surface area contributed by atoms with Gasteiger partial charge in [-0.05, 0) is 83.5 Å². The van der Waals surface area contributed by atoms with E-state index in [0.717, 1.165) is 70.6 Å². The Kier molecular flexibility index (Phi) is 36.1. The van der Waals surface area contributed by atoms with Gasteiger partial charge in [0.1, 0.15) is 31.0 Å². The average molecular weight is 831 g/mol. The molecule has 6 atom stereocenters. The van der Waals surface area contributed by atoms with Crippen LogP contribution in [0.1, 0.15) is 168 Å². The molecule has 1 aliphatic rings. The highest BCUT2D eigenvalue weighted by atomic mass is 16.7. The number of aliphatic hydroxyl groups excluding tert-OH is 4.